The van der Waals surface area contributed by atoms with Crippen molar-refractivity contribution < 1.29 is 14.3 Å². The number of carbonyl (C=O) groups is 2. The highest BCUT2D eigenvalue weighted by Gasteiger charge is 2.35. The summed E-state index contributed by atoms with van der Waals surface area (Å²) < 4.78 is 5.58. The van der Waals surface area contributed by atoms with Crippen molar-refractivity contribution in [2.24, 2.45) is 17.6 Å². The van der Waals surface area contributed by atoms with Gasteiger partial charge >= 0.3 is 0 Å². The van der Waals surface area contributed by atoms with Crippen molar-refractivity contribution in [3.8, 4) is 5.75 Å². The third-order valence-corrected chi connectivity index (χ3v) is 5.76. The number of hydrogen-bond acceptors (Lipinski definition) is 4. The second-order valence-electron chi connectivity index (χ2n) is 7.83. The van der Waals surface area contributed by atoms with Gasteiger partial charge in [0, 0.05) is 32.2 Å². The predicted molar refractivity (Wildman–Crippen MR) is 111 cm³/mol. The Balaban J connectivity index is 0.00000280. The van der Waals surface area contributed by atoms with Crippen LogP contribution >= 0.6 is 12.4 Å². The maximum Gasteiger partial charge on any atom is 0.260 e. The molecule has 0 saturated carbocycles. The van der Waals surface area contributed by atoms with E-state index in [-0.39, 0.29) is 42.8 Å². The van der Waals surface area contributed by atoms with Gasteiger partial charge in [-0.25, -0.2) is 0 Å². The minimum absolute atomic E-state index is 0. The summed E-state index contributed by atoms with van der Waals surface area (Å²) in [6.45, 7) is 4.70. The quantitative estimate of drug-likeness (QED) is 0.809. The zero-order valence-corrected chi connectivity index (χ0v) is 17.4. The highest BCUT2D eigenvalue weighted by molar-refractivity contribution is 5.85. The lowest BCUT2D eigenvalue weighted by Crippen LogP contribution is -2.54. The molecule has 2 fully saturated rings. The molecule has 1 aromatic rings. The molecule has 6 nitrogen and oxygen atoms in total. The molecule has 2 amide bonds. The molecule has 0 radical (unpaired) electrons. The number of para-hydroxylation sites is 1. The minimum Gasteiger partial charge on any atom is -0.484 e. The fraction of sp³-hybridized carbons (Fsp3) is 0.619. The Bertz CT molecular complexity index is 643. The van der Waals surface area contributed by atoms with E-state index in [1.165, 1.54) is 0 Å². The first-order valence-corrected chi connectivity index (χ1v) is 10.0. The van der Waals surface area contributed by atoms with Crippen LogP contribution in [-0.4, -0.2) is 60.4 Å². The highest BCUT2D eigenvalue weighted by Crippen LogP contribution is 2.26. The van der Waals surface area contributed by atoms with Crippen LogP contribution in [0, 0.1) is 11.8 Å². The summed E-state index contributed by atoms with van der Waals surface area (Å²) in [6.07, 6.45) is 3.70. The smallest absolute Gasteiger partial charge is 0.260 e. The predicted octanol–water partition coefficient (Wildman–Crippen LogP) is 2.31. The van der Waals surface area contributed by atoms with Gasteiger partial charge in [0.1, 0.15) is 5.75 Å². The molecule has 3 atom stereocenters. The van der Waals surface area contributed by atoms with Crippen LogP contribution in [0.15, 0.2) is 30.3 Å². The molecule has 3 rings (SSSR count). The van der Waals surface area contributed by atoms with Gasteiger partial charge in [-0.15, -0.1) is 12.4 Å². The van der Waals surface area contributed by atoms with E-state index in [4.69, 9.17) is 10.5 Å². The van der Waals surface area contributed by atoms with Crippen LogP contribution in [0.5, 0.6) is 5.75 Å². The van der Waals surface area contributed by atoms with Gasteiger partial charge in [-0.05, 0) is 43.7 Å². The summed E-state index contributed by atoms with van der Waals surface area (Å²) in [5, 5.41) is 0. The monoisotopic (exact) mass is 409 g/mol. The van der Waals surface area contributed by atoms with E-state index in [9.17, 15) is 9.59 Å². The van der Waals surface area contributed by atoms with Crippen LogP contribution in [0.4, 0.5) is 0 Å². The normalized spacial score (nSPS) is 25.0. The van der Waals surface area contributed by atoms with Crippen molar-refractivity contribution >= 4 is 24.2 Å². The molecular formula is C21H32ClN3O3. The lowest BCUT2D eigenvalue weighted by Gasteiger charge is -2.41. The largest absolute Gasteiger partial charge is 0.484 e. The summed E-state index contributed by atoms with van der Waals surface area (Å²) >= 11 is 0. The number of nitrogens with two attached hydrogens (primary N) is 1. The minimum atomic E-state index is -0.123. The van der Waals surface area contributed by atoms with Gasteiger partial charge in [0.15, 0.2) is 6.61 Å². The molecule has 0 bridgehead atoms. The van der Waals surface area contributed by atoms with E-state index >= 15 is 0 Å². The summed E-state index contributed by atoms with van der Waals surface area (Å²) in [5.41, 5.74) is 5.92. The zero-order valence-electron chi connectivity index (χ0n) is 16.6. The third-order valence-electron chi connectivity index (χ3n) is 5.76. The number of carbonyl (C=O) groups excluding carboxylic acids is 2. The number of piperidine rings is 2. The van der Waals surface area contributed by atoms with Gasteiger partial charge in [0.05, 0.1) is 5.92 Å². The molecule has 2 heterocycles. The number of hydrogen-bond donors (Lipinski definition) is 1. The highest BCUT2D eigenvalue weighted by atomic mass is 35.5. The molecule has 156 valence electrons. The zero-order chi connectivity index (χ0) is 19.2. The third kappa shape index (κ3) is 5.61. The Morgan fingerprint density at radius 2 is 1.93 bits per heavy atom. The Morgan fingerprint density at radius 1 is 1.18 bits per heavy atom. The second kappa shape index (κ2) is 10.7. The van der Waals surface area contributed by atoms with Gasteiger partial charge in [0.2, 0.25) is 5.91 Å². The van der Waals surface area contributed by atoms with Crippen molar-refractivity contribution in [2.75, 3.05) is 32.8 Å². The SMILES string of the molecule is CC1CCN(C(=O)C2CCCN(C(=O)COc3ccccc3)C2)C(CN)C1.Cl. The molecule has 28 heavy (non-hydrogen) atoms. The maximum atomic E-state index is 13.1. The molecular weight excluding hydrogens is 378 g/mol. The van der Waals surface area contributed by atoms with Crippen LogP contribution in [0.2, 0.25) is 0 Å². The van der Waals surface area contributed by atoms with E-state index in [2.05, 4.69) is 6.92 Å². The number of ether oxygens (including phenoxy) is 1. The van der Waals surface area contributed by atoms with Gasteiger partial charge in [-0.1, -0.05) is 25.1 Å². The topological polar surface area (TPSA) is 75.9 Å². The fourth-order valence-corrected chi connectivity index (χ4v) is 4.16. The van der Waals surface area contributed by atoms with Crippen molar-refractivity contribution in [3.05, 3.63) is 30.3 Å². The number of likely N-dealkylation sites (tertiary alicyclic amines) is 2. The van der Waals surface area contributed by atoms with Crippen molar-refractivity contribution in [1.29, 1.82) is 0 Å². The van der Waals surface area contributed by atoms with Crippen LogP contribution in [0.1, 0.15) is 32.6 Å². The Labute approximate surface area is 173 Å². The summed E-state index contributed by atoms with van der Waals surface area (Å²) in [6, 6.07) is 9.46. The molecule has 2 aliphatic heterocycles. The van der Waals surface area contributed by atoms with Crippen molar-refractivity contribution in [1.82, 2.24) is 9.80 Å². The summed E-state index contributed by atoms with van der Waals surface area (Å²) in [4.78, 5) is 29.4. The van der Waals surface area contributed by atoms with E-state index in [1.807, 2.05) is 35.2 Å². The van der Waals surface area contributed by atoms with Crippen LogP contribution in [-0.2, 0) is 9.59 Å². The van der Waals surface area contributed by atoms with Crippen LogP contribution in [0.3, 0.4) is 0 Å². The lowest BCUT2D eigenvalue weighted by molar-refractivity contribution is -0.144. The van der Waals surface area contributed by atoms with Crippen molar-refractivity contribution in [2.45, 2.75) is 38.6 Å². The Morgan fingerprint density at radius 3 is 2.64 bits per heavy atom. The molecule has 0 aromatic heterocycles. The van der Waals surface area contributed by atoms with Gasteiger partial charge in [0.25, 0.3) is 5.91 Å². The van der Waals surface area contributed by atoms with Crippen molar-refractivity contribution in [3.63, 3.8) is 0 Å². The molecule has 0 aliphatic carbocycles. The first kappa shape index (κ1) is 22.5. The van der Waals surface area contributed by atoms with Gasteiger partial charge in [-0.2, -0.15) is 0 Å². The number of benzene rings is 1. The average molecular weight is 410 g/mol. The van der Waals surface area contributed by atoms with E-state index in [0.717, 1.165) is 32.2 Å². The Hall–Kier alpha value is -1.79. The number of rotatable bonds is 5. The molecule has 2 N–H and O–H groups in total. The first-order valence-electron chi connectivity index (χ1n) is 10.0. The average Bonchev–Trinajstić information content (AvgIpc) is 2.72. The first-order chi connectivity index (χ1) is 13.1. The lowest BCUT2D eigenvalue weighted by atomic mass is 9.89. The second-order valence-corrected chi connectivity index (χ2v) is 7.83. The number of halogens is 1. The molecule has 2 saturated heterocycles. The number of nitrogens with zero attached hydrogens (tertiary/aromatic N) is 2. The maximum absolute atomic E-state index is 13.1. The summed E-state index contributed by atoms with van der Waals surface area (Å²) in [7, 11) is 0. The Kier molecular flexibility index (Phi) is 8.58. The van der Waals surface area contributed by atoms with E-state index in [0.29, 0.717) is 31.3 Å². The van der Waals surface area contributed by atoms with Crippen LogP contribution in [0.25, 0.3) is 0 Å². The molecule has 7 heteroatoms. The van der Waals surface area contributed by atoms with Gasteiger partial charge < -0.3 is 20.3 Å². The molecule has 2 aliphatic rings. The van der Waals surface area contributed by atoms with E-state index in [1.54, 1.807) is 4.90 Å². The standard InChI is InChI=1S/C21H31N3O3.ClH/c1-16-9-11-24(18(12-16)13-22)21(26)17-6-5-10-23(14-17)20(25)15-27-19-7-3-2-4-8-19;/h2-4,7-8,16-18H,5-6,9-15,22H2,1H3;1H. The number of amides is 2. The molecule has 3 unspecified atom stereocenters. The summed E-state index contributed by atoms with van der Waals surface area (Å²) in [5.74, 6) is 1.28. The molecule has 0 spiro atoms. The fourth-order valence-electron chi connectivity index (χ4n) is 4.16. The molecule has 1 aromatic carbocycles. The van der Waals surface area contributed by atoms with Gasteiger partial charge in [-0.3, -0.25) is 9.59 Å². The van der Waals surface area contributed by atoms with Crippen LogP contribution < -0.4 is 10.5 Å². The van der Waals surface area contributed by atoms with E-state index < -0.39 is 0 Å².